The summed E-state index contributed by atoms with van der Waals surface area (Å²) in [5, 5.41) is 9.31. The van der Waals surface area contributed by atoms with Crippen LogP contribution in [0.5, 0.6) is 0 Å². The van der Waals surface area contributed by atoms with Gasteiger partial charge in [-0.05, 0) is 31.0 Å². The predicted octanol–water partition coefficient (Wildman–Crippen LogP) is 2.76. The third-order valence-corrected chi connectivity index (χ3v) is 2.48. The van der Waals surface area contributed by atoms with E-state index in [-0.39, 0.29) is 11.5 Å². The topological polar surface area (TPSA) is 20.2 Å². The molecule has 0 amide bonds. The van der Waals surface area contributed by atoms with Crippen LogP contribution in [0.1, 0.15) is 30.9 Å². The lowest BCUT2D eigenvalue weighted by molar-refractivity contribution is 0.169. The van der Waals surface area contributed by atoms with Crippen molar-refractivity contribution in [3.63, 3.8) is 0 Å². The minimum Gasteiger partial charge on any atom is -0.393 e. The lowest BCUT2D eigenvalue weighted by atomic mass is 9.95. The number of hydrogen-bond donors (Lipinski definition) is 1. The molecule has 0 bridgehead atoms. The molecular formula is C11H14F2O. The van der Waals surface area contributed by atoms with Gasteiger partial charge in [-0.25, -0.2) is 8.78 Å². The highest BCUT2D eigenvalue weighted by molar-refractivity contribution is 5.28. The van der Waals surface area contributed by atoms with Crippen LogP contribution in [0.15, 0.2) is 12.1 Å². The fourth-order valence-electron chi connectivity index (χ4n) is 1.29. The Morgan fingerprint density at radius 2 is 1.79 bits per heavy atom. The summed E-state index contributed by atoms with van der Waals surface area (Å²) in [5.74, 6) is -1.86. The van der Waals surface area contributed by atoms with Gasteiger partial charge in [-0.2, -0.15) is 0 Å². The minimum absolute atomic E-state index is 0.191. The van der Waals surface area contributed by atoms with Gasteiger partial charge < -0.3 is 5.11 Å². The first-order valence-electron chi connectivity index (χ1n) is 4.57. The second-order valence-corrected chi connectivity index (χ2v) is 3.66. The molecule has 1 nitrogen and oxygen atoms in total. The van der Waals surface area contributed by atoms with Crippen molar-refractivity contribution in [3.8, 4) is 0 Å². The van der Waals surface area contributed by atoms with Crippen LogP contribution in [-0.4, -0.2) is 11.2 Å². The number of aliphatic hydroxyl groups excluding tert-OH is 1. The monoisotopic (exact) mass is 200 g/mol. The molecule has 0 fully saturated rings. The molecule has 0 unspecified atom stereocenters. The van der Waals surface area contributed by atoms with Crippen molar-refractivity contribution in [1.29, 1.82) is 0 Å². The Hall–Kier alpha value is -0.960. The predicted molar refractivity (Wildman–Crippen MR) is 51.2 cm³/mol. The summed E-state index contributed by atoms with van der Waals surface area (Å²) in [7, 11) is 0. The van der Waals surface area contributed by atoms with Crippen LogP contribution in [0.25, 0.3) is 0 Å². The minimum atomic E-state index is -0.854. The molecule has 1 aromatic carbocycles. The Morgan fingerprint density at radius 3 is 2.21 bits per heavy atom. The molecule has 0 aromatic heterocycles. The van der Waals surface area contributed by atoms with Crippen LogP contribution in [0.4, 0.5) is 8.78 Å². The van der Waals surface area contributed by atoms with Gasteiger partial charge in [0.15, 0.2) is 11.6 Å². The van der Waals surface area contributed by atoms with E-state index in [1.165, 1.54) is 6.92 Å². The highest BCUT2D eigenvalue weighted by Crippen LogP contribution is 2.23. The molecule has 0 aliphatic heterocycles. The zero-order valence-electron chi connectivity index (χ0n) is 8.51. The molecule has 2 atom stereocenters. The molecule has 0 radical (unpaired) electrons. The van der Waals surface area contributed by atoms with Crippen molar-refractivity contribution in [2.24, 2.45) is 0 Å². The van der Waals surface area contributed by atoms with E-state index in [1.807, 2.05) is 0 Å². The number of aryl methyl sites for hydroxylation is 1. The van der Waals surface area contributed by atoms with Crippen molar-refractivity contribution < 1.29 is 13.9 Å². The van der Waals surface area contributed by atoms with Gasteiger partial charge in [0.05, 0.1) is 6.10 Å². The van der Waals surface area contributed by atoms with E-state index in [1.54, 1.807) is 19.9 Å². The van der Waals surface area contributed by atoms with Crippen molar-refractivity contribution >= 4 is 0 Å². The first-order chi connectivity index (χ1) is 6.43. The van der Waals surface area contributed by atoms with Crippen LogP contribution in [0.2, 0.25) is 0 Å². The second kappa shape index (κ2) is 4.05. The van der Waals surface area contributed by atoms with Gasteiger partial charge in [0.1, 0.15) is 0 Å². The molecule has 1 N–H and O–H groups in total. The van der Waals surface area contributed by atoms with Crippen molar-refractivity contribution in [3.05, 3.63) is 34.9 Å². The van der Waals surface area contributed by atoms with E-state index in [4.69, 9.17) is 0 Å². The number of benzene rings is 1. The molecule has 1 aromatic rings. The van der Waals surface area contributed by atoms with E-state index in [9.17, 15) is 13.9 Å². The molecule has 0 aliphatic rings. The number of rotatable bonds is 2. The van der Waals surface area contributed by atoms with Gasteiger partial charge >= 0.3 is 0 Å². The van der Waals surface area contributed by atoms with Crippen LogP contribution in [0, 0.1) is 18.6 Å². The smallest absolute Gasteiger partial charge is 0.161 e. The highest BCUT2D eigenvalue weighted by atomic mass is 19.2. The lowest BCUT2D eigenvalue weighted by Crippen LogP contribution is -2.11. The third-order valence-electron chi connectivity index (χ3n) is 2.48. The van der Waals surface area contributed by atoms with E-state index in [2.05, 4.69) is 0 Å². The molecule has 0 aliphatic carbocycles. The van der Waals surface area contributed by atoms with E-state index < -0.39 is 17.7 Å². The fraction of sp³-hybridized carbons (Fsp3) is 0.455. The van der Waals surface area contributed by atoms with Crippen LogP contribution < -0.4 is 0 Å². The van der Waals surface area contributed by atoms with Gasteiger partial charge in [0.25, 0.3) is 0 Å². The highest BCUT2D eigenvalue weighted by Gasteiger charge is 2.15. The van der Waals surface area contributed by atoms with Crippen LogP contribution in [0.3, 0.4) is 0 Å². The Bertz CT molecular complexity index is 311. The standard InChI is InChI=1S/C11H14F2O/c1-6-4-9(7(2)8(3)14)5-10(12)11(6)13/h4-5,7-8,14H,1-3H3/t7-,8+/m0/s1. The summed E-state index contributed by atoms with van der Waals surface area (Å²) in [4.78, 5) is 0. The van der Waals surface area contributed by atoms with Crippen LogP contribution >= 0.6 is 0 Å². The molecule has 0 heterocycles. The first kappa shape index (κ1) is 11.1. The second-order valence-electron chi connectivity index (χ2n) is 3.66. The van der Waals surface area contributed by atoms with Crippen molar-refractivity contribution in [2.75, 3.05) is 0 Å². The van der Waals surface area contributed by atoms with Gasteiger partial charge in [0.2, 0.25) is 0 Å². The van der Waals surface area contributed by atoms with E-state index in [0.717, 1.165) is 6.07 Å². The summed E-state index contributed by atoms with van der Waals surface area (Å²) < 4.78 is 25.9. The SMILES string of the molecule is Cc1cc([C@@H](C)[C@@H](C)O)cc(F)c1F. The largest absolute Gasteiger partial charge is 0.393 e. The molecule has 0 saturated carbocycles. The van der Waals surface area contributed by atoms with Gasteiger partial charge in [-0.15, -0.1) is 0 Å². The molecular weight excluding hydrogens is 186 g/mol. The first-order valence-corrected chi connectivity index (χ1v) is 4.57. The average Bonchev–Trinajstić information content (AvgIpc) is 2.12. The lowest BCUT2D eigenvalue weighted by Gasteiger charge is -2.15. The average molecular weight is 200 g/mol. The van der Waals surface area contributed by atoms with Gasteiger partial charge in [0, 0.05) is 5.92 Å². The quantitative estimate of drug-likeness (QED) is 0.778. The van der Waals surface area contributed by atoms with Crippen molar-refractivity contribution in [2.45, 2.75) is 32.8 Å². The maximum Gasteiger partial charge on any atom is 0.161 e. The molecule has 3 heteroatoms. The van der Waals surface area contributed by atoms with Gasteiger partial charge in [-0.3, -0.25) is 0 Å². The number of halogens is 2. The van der Waals surface area contributed by atoms with Gasteiger partial charge in [-0.1, -0.05) is 13.0 Å². The summed E-state index contributed by atoms with van der Waals surface area (Å²) in [5.41, 5.74) is 0.893. The normalized spacial score (nSPS) is 15.3. The maximum absolute atomic E-state index is 13.0. The molecule has 0 saturated heterocycles. The maximum atomic E-state index is 13.0. The fourth-order valence-corrected chi connectivity index (χ4v) is 1.29. The van der Waals surface area contributed by atoms with E-state index >= 15 is 0 Å². The van der Waals surface area contributed by atoms with E-state index in [0.29, 0.717) is 5.56 Å². The molecule has 14 heavy (non-hydrogen) atoms. The third kappa shape index (κ3) is 2.10. The summed E-state index contributed by atoms with van der Waals surface area (Å²) in [6.07, 6.45) is -0.570. The molecule has 1 rings (SSSR count). The zero-order chi connectivity index (χ0) is 10.9. The summed E-state index contributed by atoms with van der Waals surface area (Å²) in [6.45, 7) is 4.91. The molecule has 0 spiro atoms. The van der Waals surface area contributed by atoms with Crippen molar-refractivity contribution in [1.82, 2.24) is 0 Å². The summed E-state index contributed by atoms with van der Waals surface area (Å²) >= 11 is 0. The zero-order valence-corrected chi connectivity index (χ0v) is 8.51. The Kier molecular flexibility index (Phi) is 3.21. The number of aliphatic hydroxyl groups is 1. The Morgan fingerprint density at radius 1 is 1.21 bits per heavy atom. The molecule has 78 valence electrons. The Labute approximate surface area is 82.4 Å². The summed E-state index contributed by atoms with van der Waals surface area (Å²) in [6, 6.07) is 2.70. The Balaban J connectivity index is 3.12. The van der Waals surface area contributed by atoms with Crippen LogP contribution in [-0.2, 0) is 0 Å². The number of hydrogen-bond acceptors (Lipinski definition) is 1.